The van der Waals surface area contributed by atoms with Gasteiger partial charge in [0.15, 0.2) is 0 Å². The lowest BCUT2D eigenvalue weighted by atomic mass is 9.91. The van der Waals surface area contributed by atoms with Crippen molar-refractivity contribution in [3.8, 4) is 5.75 Å². The molecule has 1 aromatic carbocycles. The van der Waals surface area contributed by atoms with Gasteiger partial charge in [0.2, 0.25) is 0 Å². The predicted octanol–water partition coefficient (Wildman–Crippen LogP) is 2.38. The molecule has 0 radical (unpaired) electrons. The summed E-state index contributed by atoms with van der Waals surface area (Å²) < 4.78 is 5.37. The maximum Gasteiger partial charge on any atom is 0.122 e. The fourth-order valence-electron chi connectivity index (χ4n) is 2.38. The van der Waals surface area contributed by atoms with Gasteiger partial charge >= 0.3 is 0 Å². The highest BCUT2D eigenvalue weighted by atomic mass is 16.5. The van der Waals surface area contributed by atoms with Crippen molar-refractivity contribution in [2.75, 3.05) is 13.7 Å². The molecule has 1 heterocycles. The van der Waals surface area contributed by atoms with E-state index in [1.807, 2.05) is 12.1 Å². The van der Waals surface area contributed by atoms with E-state index in [4.69, 9.17) is 4.74 Å². The van der Waals surface area contributed by atoms with Crippen molar-refractivity contribution in [3.63, 3.8) is 0 Å². The third-order valence-corrected chi connectivity index (χ3v) is 3.23. The van der Waals surface area contributed by atoms with E-state index in [-0.39, 0.29) is 5.54 Å². The van der Waals surface area contributed by atoms with Crippen LogP contribution in [0.3, 0.4) is 0 Å². The zero-order valence-corrected chi connectivity index (χ0v) is 9.55. The van der Waals surface area contributed by atoms with Crippen molar-refractivity contribution in [1.82, 2.24) is 5.32 Å². The molecule has 0 aromatic heterocycles. The summed E-state index contributed by atoms with van der Waals surface area (Å²) in [6.07, 6.45) is 3.59. The zero-order chi connectivity index (χ0) is 10.7. The third-order valence-electron chi connectivity index (χ3n) is 3.23. The number of methoxy groups -OCH3 is 1. The Balaban J connectivity index is 2.16. The Morgan fingerprint density at radius 3 is 2.87 bits per heavy atom. The number of rotatable bonds is 3. The van der Waals surface area contributed by atoms with Gasteiger partial charge in [0, 0.05) is 5.54 Å². The molecule has 2 heteroatoms. The van der Waals surface area contributed by atoms with Crippen LogP contribution in [0.1, 0.15) is 25.3 Å². The minimum absolute atomic E-state index is 0.259. The Bertz CT molecular complexity index is 329. The van der Waals surface area contributed by atoms with E-state index in [0.29, 0.717) is 0 Å². The maximum absolute atomic E-state index is 5.37. The Hall–Kier alpha value is -1.02. The van der Waals surface area contributed by atoms with Crippen molar-refractivity contribution in [2.24, 2.45) is 0 Å². The molecule has 1 aliphatic heterocycles. The molecule has 0 bridgehead atoms. The molecular formula is C13H19NO. The predicted molar refractivity (Wildman–Crippen MR) is 62.3 cm³/mol. The normalized spacial score (nSPS) is 25.5. The molecule has 15 heavy (non-hydrogen) atoms. The van der Waals surface area contributed by atoms with E-state index in [1.54, 1.807) is 7.11 Å². The van der Waals surface area contributed by atoms with Gasteiger partial charge in [-0.2, -0.15) is 0 Å². The molecule has 1 saturated heterocycles. The van der Waals surface area contributed by atoms with Crippen molar-refractivity contribution in [3.05, 3.63) is 29.8 Å². The second-order valence-corrected chi connectivity index (χ2v) is 4.58. The van der Waals surface area contributed by atoms with E-state index in [0.717, 1.165) is 18.7 Å². The standard InChI is InChI=1S/C13H19NO/c1-13(8-5-9-14-13)10-11-6-3-4-7-12(11)15-2/h3-4,6-7,14H,5,8-10H2,1-2H3. The van der Waals surface area contributed by atoms with Crippen molar-refractivity contribution in [1.29, 1.82) is 0 Å². The van der Waals surface area contributed by atoms with E-state index in [2.05, 4.69) is 24.4 Å². The lowest BCUT2D eigenvalue weighted by molar-refractivity contribution is 0.382. The summed E-state index contributed by atoms with van der Waals surface area (Å²) in [4.78, 5) is 0. The lowest BCUT2D eigenvalue weighted by Crippen LogP contribution is -2.38. The number of nitrogens with one attached hydrogen (secondary N) is 1. The van der Waals surface area contributed by atoms with Gasteiger partial charge in [-0.1, -0.05) is 18.2 Å². The molecule has 1 aliphatic rings. The van der Waals surface area contributed by atoms with E-state index in [9.17, 15) is 0 Å². The largest absolute Gasteiger partial charge is 0.496 e. The summed E-state index contributed by atoms with van der Waals surface area (Å²) in [5, 5.41) is 3.58. The molecule has 1 aromatic rings. The highest BCUT2D eigenvalue weighted by Crippen LogP contribution is 2.27. The average molecular weight is 205 g/mol. The van der Waals surface area contributed by atoms with Crippen LogP contribution in [0.5, 0.6) is 5.75 Å². The van der Waals surface area contributed by atoms with Crippen LogP contribution in [0.2, 0.25) is 0 Å². The van der Waals surface area contributed by atoms with Gasteiger partial charge in [0.25, 0.3) is 0 Å². The number of para-hydroxylation sites is 1. The van der Waals surface area contributed by atoms with Crippen LogP contribution >= 0.6 is 0 Å². The molecule has 0 saturated carbocycles. The van der Waals surface area contributed by atoms with Crippen molar-refractivity contribution < 1.29 is 4.74 Å². The Kier molecular flexibility index (Phi) is 2.96. The molecular weight excluding hydrogens is 186 g/mol. The van der Waals surface area contributed by atoms with Gasteiger partial charge in [-0.15, -0.1) is 0 Å². The topological polar surface area (TPSA) is 21.3 Å². The zero-order valence-electron chi connectivity index (χ0n) is 9.55. The van der Waals surface area contributed by atoms with Crippen LogP contribution in [0.25, 0.3) is 0 Å². The van der Waals surface area contributed by atoms with Crippen LogP contribution in [0.15, 0.2) is 24.3 Å². The minimum atomic E-state index is 0.259. The summed E-state index contributed by atoms with van der Waals surface area (Å²) >= 11 is 0. The highest BCUT2D eigenvalue weighted by Gasteiger charge is 2.28. The average Bonchev–Trinajstić information content (AvgIpc) is 2.66. The monoisotopic (exact) mass is 205 g/mol. The molecule has 82 valence electrons. The minimum Gasteiger partial charge on any atom is -0.496 e. The molecule has 1 fully saturated rings. The quantitative estimate of drug-likeness (QED) is 0.818. The van der Waals surface area contributed by atoms with Gasteiger partial charge in [-0.25, -0.2) is 0 Å². The van der Waals surface area contributed by atoms with E-state index < -0.39 is 0 Å². The molecule has 1 unspecified atom stereocenters. The first-order valence-electron chi connectivity index (χ1n) is 5.60. The molecule has 1 N–H and O–H groups in total. The Labute approximate surface area is 91.6 Å². The van der Waals surface area contributed by atoms with Crippen molar-refractivity contribution >= 4 is 0 Å². The van der Waals surface area contributed by atoms with E-state index in [1.165, 1.54) is 18.4 Å². The summed E-state index contributed by atoms with van der Waals surface area (Å²) in [5.41, 5.74) is 1.56. The first-order chi connectivity index (χ1) is 7.23. The first-order valence-corrected chi connectivity index (χ1v) is 5.60. The summed E-state index contributed by atoms with van der Waals surface area (Å²) in [7, 11) is 1.74. The molecule has 0 amide bonds. The van der Waals surface area contributed by atoms with Crippen LogP contribution in [0.4, 0.5) is 0 Å². The number of hydrogen-bond acceptors (Lipinski definition) is 2. The second kappa shape index (κ2) is 4.23. The third kappa shape index (κ3) is 2.32. The van der Waals surface area contributed by atoms with Gasteiger partial charge in [0.1, 0.15) is 5.75 Å². The van der Waals surface area contributed by atoms with Gasteiger partial charge < -0.3 is 10.1 Å². The van der Waals surface area contributed by atoms with Crippen LogP contribution in [-0.2, 0) is 6.42 Å². The number of benzene rings is 1. The fraction of sp³-hybridized carbons (Fsp3) is 0.538. The summed E-state index contributed by atoms with van der Waals surface area (Å²) in [6.45, 7) is 3.44. The van der Waals surface area contributed by atoms with Gasteiger partial charge in [-0.3, -0.25) is 0 Å². The number of hydrogen-bond donors (Lipinski definition) is 1. The maximum atomic E-state index is 5.37. The molecule has 2 nitrogen and oxygen atoms in total. The fourth-order valence-corrected chi connectivity index (χ4v) is 2.38. The van der Waals surface area contributed by atoms with Crippen LogP contribution < -0.4 is 10.1 Å². The van der Waals surface area contributed by atoms with Gasteiger partial charge in [0.05, 0.1) is 7.11 Å². The van der Waals surface area contributed by atoms with E-state index >= 15 is 0 Å². The summed E-state index contributed by atoms with van der Waals surface area (Å²) in [5.74, 6) is 1.01. The van der Waals surface area contributed by atoms with Crippen LogP contribution in [-0.4, -0.2) is 19.2 Å². The molecule has 2 rings (SSSR count). The Morgan fingerprint density at radius 2 is 2.20 bits per heavy atom. The van der Waals surface area contributed by atoms with Crippen molar-refractivity contribution in [2.45, 2.75) is 31.7 Å². The smallest absolute Gasteiger partial charge is 0.122 e. The molecule has 1 atom stereocenters. The van der Waals surface area contributed by atoms with Gasteiger partial charge in [-0.05, 0) is 44.4 Å². The highest BCUT2D eigenvalue weighted by molar-refractivity contribution is 5.34. The number of ether oxygens (including phenoxy) is 1. The first kappa shape index (κ1) is 10.5. The Morgan fingerprint density at radius 1 is 1.40 bits per heavy atom. The second-order valence-electron chi connectivity index (χ2n) is 4.58. The SMILES string of the molecule is COc1ccccc1CC1(C)CCCN1. The molecule has 0 aliphatic carbocycles. The summed E-state index contributed by atoms with van der Waals surface area (Å²) in [6, 6.07) is 8.29. The van der Waals surface area contributed by atoms with Crippen LogP contribution in [0, 0.1) is 0 Å². The lowest BCUT2D eigenvalue weighted by Gasteiger charge is -2.25. The molecule has 0 spiro atoms.